The van der Waals surface area contributed by atoms with Crippen molar-refractivity contribution >= 4 is 56.9 Å². The van der Waals surface area contributed by atoms with E-state index in [0.717, 1.165) is 6.42 Å². The quantitative estimate of drug-likeness (QED) is 0.139. The lowest BCUT2D eigenvalue weighted by atomic mass is 9.74. The minimum atomic E-state index is -1.12. The number of esters is 1. The molecule has 0 saturated carbocycles. The second-order valence-corrected chi connectivity index (χ2v) is 15.5. The van der Waals surface area contributed by atoms with E-state index in [1.165, 1.54) is 29.1 Å². The molecule has 0 saturated heterocycles. The Balaban J connectivity index is 2.55. The van der Waals surface area contributed by atoms with Crippen LogP contribution in [0.15, 0.2) is 30.3 Å². The van der Waals surface area contributed by atoms with Crippen LogP contribution in [0.3, 0.4) is 0 Å². The Morgan fingerprint density at radius 3 is 2.18 bits per heavy atom. The minimum absolute atomic E-state index is 0.103. The standard InChI is InChI=1S/C29H45NO6S3/c1-20(2)34-19-24(32)35-18-23(31)28(5,6)36-14-15-38-26(37)39-29(7,8)22(25(30)33)17-27(3,4)16-21-12-10-9-11-13-21/h9-13,20,22H,14-19H2,1-8H3,(H2,30,33). The number of rotatable bonds is 17. The molecule has 0 radical (unpaired) electrons. The van der Waals surface area contributed by atoms with Crippen molar-refractivity contribution < 1.29 is 28.6 Å². The summed E-state index contributed by atoms with van der Waals surface area (Å²) in [5.74, 6) is -1.11. The van der Waals surface area contributed by atoms with Gasteiger partial charge in [-0.05, 0) is 65.4 Å². The number of carbonyl (C=O) groups is 3. The van der Waals surface area contributed by atoms with Crippen LogP contribution in [0.25, 0.3) is 0 Å². The zero-order valence-electron chi connectivity index (χ0n) is 24.5. The van der Waals surface area contributed by atoms with Crippen LogP contribution >= 0.6 is 35.7 Å². The molecule has 0 bridgehead atoms. The molecule has 2 N–H and O–H groups in total. The van der Waals surface area contributed by atoms with Crippen molar-refractivity contribution in [2.75, 3.05) is 25.6 Å². The van der Waals surface area contributed by atoms with Gasteiger partial charge in [0.25, 0.3) is 0 Å². The summed E-state index contributed by atoms with van der Waals surface area (Å²) in [6.07, 6.45) is 1.38. The second-order valence-electron chi connectivity index (χ2n) is 11.6. The van der Waals surface area contributed by atoms with Crippen LogP contribution in [0.1, 0.15) is 67.4 Å². The summed E-state index contributed by atoms with van der Waals surface area (Å²) in [4.78, 5) is 36.7. The molecule has 0 aliphatic rings. The number of amides is 1. The highest BCUT2D eigenvalue weighted by molar-refractivity contribution is 8.47. The zero-order valence-corrected chi connectivity index (χ0v) is 27.0. The van der Waals surface area contributed by atoms with Gasteiger partial charge in [0, 0.05) is 10.5 Å². The van der Waals surface area contributed by atoms with E-state index in [9.17, 15) is 14.4 Å². The fourth-order valence-corrected chi connectivity index (χ4v) is 7.01. The van der Waals surface area contributed by atoms with E-state index in [0.29, 0.717) is 15.7 Å². The number of nitrogens with two attached hydrogens (primary N) is 1. The van der Waals surface area contributed by atoms with Gasteiger partial charge in [-0.3, -0.25) is 9.59 Å². The first-order valence-electron chi connectivity index (χ1n) is 13.1. The Morgan fingerprint density at radius 1 is 1.00 bits per heavy atom. The molecule has 39 heavy (non-hydrogen) atoms. The van der Waals surface area contributed by atoms with Gasteiger partial charge in [0.2, 0.25) is 11.7 Å². The maximum Gasteiger partial charge on any atom is 0.332 e. The predicted molar refractivity (Wildman–Crippen MR) is 165 cm³/mol. The Morgan fingerprint density at radius 2 is 1.62 bits per heavy atom. The van der Waals surface area contributed by atoms with Gasteiger partial charge in [-0.15, -0.1) is 23.5 Å². The van der Waals surface area contributed by atoms with Crippen molar-refractivity contribution in [3.05, 3.63) is 35.9 Å². The summed E-state index contributed by atoms with van der Waals surface area (Å²) in [6, 6.07) is 10.2. The van der Waals surface area contributed by atoms with Crippen molar-refractivity contribution in [2.24, 2.45) is 17.1 Å². The third-order valence-electron chi connectivity index (χ3n) is 6.15. The third kappa shape index (κ3) is 14.1. The van der Waals surface area contributed by atoms with Gasteiger partial charge in [0.15, 0.2) is 6.61 Å². The smallest absolute Gasteiger partial charge is 0.332 e. The summed E-state index contributed by atoms with van der Waals surface area (Å²) in [5, 5.41) is 0. The monoisotopic (exact) mass is 599 g/mol. The van der Waals surface area contributed by atoms with Crippen LogP contribution in [0.4, 0.5) is 0 Å². The maximum atomic E-state index is 12.5. The molecule has 1 amide bonds. The number of hydrogen-bond donors (Lipinski definition) is 1. The maximum absolute atomic E-state index is 12.5. The molecule has 0 heterocycles. The summed E-state index contributed by atoms with van der Waals surface area (Å²) in [7, 11) is 0. The van der Waals surface area contributed by atoms with Crippen molar-refractivity contribution in [3.63, 3.8) is 0 Å². The molecule has 7 nitrogen and oxygen atoms in total. The summed E-state index contributed by atoms with van der Waals surface area (Å²) < 4.78 is 16.1. The van der Waals surface area contributed by atoms with Crippen LogP contribution < -0.4 is 5.73 Å². The topological polar surface area (TPSA) is 105 Å². The van der Waals surface area contributed by atoms with Crippen LogP contribution in [0, 0.1) is 11.3 Å². The molecule has 10 heteroatoms. The van der Waals surface area contributed by atoms with E-state index < -0.39 is 16.3 Å². The highest BCUT2D eigenvalue weighted by Gasteiger charge is 2.39. The first-order valence-corrected chi connectivity index (χ1v) is 15.3. The Kier molecular flexibility index (Phi) is 14.7. The molecular weight excluding hydrogens is 555 g/mol. The van der Waals surface area contributed by atoms with Gasteiger partial charge in [-0.1, -0.05) is 56.4 Å². The lowest BCUT2D eigenvalue weighted by molar-refractivity contribution is -0.159. The third-order valence-corrected chi connectivity index (χ3v) is 8.94. The van der Waals surface area contributed by atoms with Crippen LogP contribution in [0.2, 0.25) is 0 Å². The number of ether oxygens (including phenoxy) is 3. The normalized spacial score (nSPS) is 13.3. The first kappa shape index (κ1) is 35.6. The minimum Gasteiger partial charge on any atom is -0.456 e. The van der Waals surface area contributed by atoms with Gasteiger partial charge in [0.05, 0.1) is 18.6 Å². The molecule has 1 rings (SSSR count). The van der Waals surface area contributed by atoms with Crippen LogP contribution in [-0.2, 0) is 35.0 Å². The zero-order chi connectivity index (χ0) is 29.9. The van der Waals surface area contributed by atoms with Gasteiger partial charge in [0.1, 0.15) is 15.7 Å². The molecule has 220 valence electrons. The highest BCUT2D eigenvalue weighted by Crippen LogP contribution is 2.42. The number of primary amides is 1. The largest absolute Gasteiger partial charge is 0.456 e. The molecule has 1 aromatic rings. The highest BCUT2D eigenvalue weighted by atomic mass is 32.2. The van der Waals surface area contributed by atoms with Gasteiger partial charge in [-0.25, -0.2) is 4.79 Å². The number of thiocarbonyl (C=S) groups is 1. The van der Waals surface area contributed by atoms with E-state index in [1.54, 1.807) is 13.8 Å². The average Bonchev–Trinajstić information content (AvgIpc) is 2.82. The molecule has 0 spiro atoms. The van der Waals surface area contributed by atoms with Gasteiger partial charge in [-0.2, -0.15) is 0 Å². The molecule has 0 aromatic heterocycles. The van der Waals surface area contributed by atoms with E-state index in [2.05, 4.69) is 26.0 Å². The van der Waals surface area contributed by atoms with Crippen molar-refractivity contribution in [1.82, 2.24) is 0 Å². The number of ketones is 1. The fourth-order valence-electron chi connectivity index (χ4n) is 3.88. The first-order chi connectivity index (χ1) is 17.9. The van der Waals surface area contributed by atoms with Crippen LogP contribution in [-0.4, -0.2) is 63.2 Å². The molecule has 0 fully saturated rings. The summed E-state index contributed by atoms with van der Waals surface area (Å²) in [6.45, 7) is 14.9. The average molecular weight is 600 g/mol. The predicted octanol–water partition coefficient (Wildman–Crippen LogP) is 5.61. The van der Waals surface area contributed by atoms with Crippen molar-refractivity contribution in [3.8, 4) is 0 Å². The number of thioether (sulfide) groups is 2. The number of carbonyl (C=O) groups excluding carboxylic acids is 3. The number of Topliss-reactive ketones (excluding diaryl/α,β-unsaturated/α-hetero) is 1. The van der Waals surface area contributed by atoms with Crippen LogP contribution in [0.5, 0.6) is 0 Å². The lowest BCUT2D eigenvalue weighted by Crippen LogP contribution is -2.42. The molecular formula is C29H45NO6S3. The molecule has 0 aliphatic carbocycles. The van der Waals surface area contributed by atoms with Gasteiger partial charge >= 0.3 is 5.97 Å². The summed E-state index contributed by atoms with van der Waals surface area (Å²) in [5.41, 5.74) is 5.86. The van der Waals surface area contributed by atoms with E-state index in [1.807, 2.05) is 45.9 Å². The Hall–Kier alpha value is -1.46. The fraction of sp³-hybridized carbons (Fsp3) is 0.655. The molecule has 1 atom stereocenters. The Labute approximate surface area is 248 Å². The van der Waals surface area contributed by atoms with Gasteiger partial charge < -0.3 is 19.9 Å². The van der Waals surface area contributed by atoms with Crippen molar-refractivity contribution in [2.45, 2.75) is 84.7 Å². The van der Waals surface area contributed by atoms with E-state index >= 15 is 0 Å². The van der Waals surface area contributed by atoms with E-state index in [-0.39, 0.29) is 48.9 Å². The number of benzene rings is 1. The van der Waals surface area contributed by atoms with E-state index in [4.69, 9.17) is 32.2 Å². The second kappa shape index (κ2) is 16.1. The van der Waals surface area contributed by atoms with Crippen molar-refractivity contribution in [1.29, 1.82) is 0 Å². The SMILES string of the molecule is CC(C)OCC(=O)OCC(=O)C(C)(C)OCCSC(=S)SC(C)(C)C(CC(C)(C)Cc1ccccc1)C(N)=O. The molecule has 1 unspecified atom stereocenters. The summed E-state index contributed by atoms with van der Waals surface area (Å²) >= 11 is 8.51. The molecule has 0 aliphatic heterocycles. The lowest BCUT2D eigenvalue weighted by Gasteiger charge is -2.37. The number of hydrogen-bond acceptors (Lipinski definition) is 9. The molecule has 1 aromatic carbocycles. The Bertz CT molecular complexity index is 963.